The van der Waals surface area contributed by atoms with E-state index in [1.54, 1.807) is 37.3 Å². The van der Waals surface area contributed by atoms with Gasteiger partial charge in [-0.05, 0) is 51.5 Å². The molecule has 0 spiro atoms. The number of rotatable bonds is 6. The number of carbonyl (C=O) groups is 3. The molecule has 2 aromatic rings. The number of anilines is 1. The van der Waals surface area contributed by atoms with Crippen LogP contribution in [0.3, 0.4) is 0 Å². The molecule has 33 heavy (non-hydrogen) atoms. The molecule has 0 unspecified atom stereocenters. The van der Waals surface area contributed by atoms with E-state index >= 15 is 0 Å². The Morgan fingerprint density at radius 3 is 2.52 bits per heavy atom. The smallest absolute Gasteiger partial charge is 0.335 e. The number of phenolic OH excluding ortho intramolecular Hbond substituents is 1. The molecule has 1 aliphatic heterocycles. The Morgan fingerprint density at radius 1 is 1.15 bits per heavy atom. The molecule has 0 radical (unpaired) electrons. The van der Waals surface area contributed by atoms with Crippen LogP contribution in [-0.2, 0) is 9.59 Å². The van der Waals surface area contributed by atoms with Gasteiger partial charge in [0.15, 0.2) is 5.71 Å². The van der Waals surface area contributed by atoms with Gasteiger partial charge in [0.1, 0.15) is 12.3 Å². The van der Waals surface area contributed by atoms with Gasteiger partial charge in [0.25, 0.3) is 5.91 Å². The zero-order valence-electron chi connectivity index (χ0n) is 18.7. The average molecular weight is 451 g/mol. The summed E-state index contributed by atoms with van der Waals surface area (Å²) in [6.07, 6.45) is 0. The number of hydrogen-bond acceptors (Lipinski definition) is 7. The predicted molar refractivity (Wildman–Crippen MR) is 124 cm³/mol. The lowest BCUT2D eigenvalue weighted by Crippen LogP contribution is -2.46. The number of carbonyl (C=O) groups excluding carboxylic acids is 2. The zero-order valence-corrected chi connectivity index (χ0v) is 18.7. The van der Waals surface area contributed by atoms with Crippen LogP contribution in [0.15, 0.2) is 52.7 Å². The van der Waals surface area contributed by atoms with Crippen molar-refractivity contribution in [3.8, 4) is 16.9 Å². The number of carboxylic acids is 1. The van der Waals surface area contributed by atoms with E-state index in [1.807, 2.05) is 20.8 Å². The molecule has 1 heterocycles. The maximum atomic E-state index is 12.7. The van der Waals surface area contributed by atoms with E-state index in [4.69, 9.17) is 0 Å². The summed E-state index contributed by atoms with van der Waals surface area (Å²) in [6.45, 7) is 6.85. The summed E-state index contributed by atoms with van der Waals surface area (Å²) in [4.78, 5) is 36.0. The largest absolute Gasteiger partial charge is 0.505 e. The number of benzene rings is 2. The molecule has 3 rings (SSSR count). The van der Waals surface area contributed by atoms with Crippen LogP contribution in [-0.4, -0.2) is 56.5 Å². The van der Waals surface area contributed by atoms with Crippen LogP contribution >= 0.6 is 0 Å². The number of phenols is 1. The van der Waals surface area contributed by atoms with Crippen molar-refractivity contribution in [2.24, 2.45) is 10.2 Å². The second-order valence-corrected chi connectivity index (χ2v) is 8.51. The van der Waals surface area contributed by atoms with Crippen LogP contribution in [0.1, 0.15) is 38.1 Å². The minimum atomic E-state index is -1.08. The number of nitrogens with zero attached hydrogens (tertiary/aromatic N) is 3. The van der Waals surface area contributed by atoms with Gasteiger partial charge in [-0.2, -0.15) is 10.2 Å². The van der Waals surface area contributed by atoms with E-state index in [1.165, 1.54) is 12.1 Å². The molecule has 0 atom stereocenters. The van der Waals surface area contributed by atoms with Crippen molar-refractivity contribution in [1.82, 2.24) is 10.3 Å². The van der Waals surface area contributed by atoms with Gasteiger partial charge in [0, 0.05) is 11.1 Å². The standard InChI is InChI=1S/C23H25N5O5/c1-13-19(21(31)28(27-13)12-18(29)24-23(2,3)4)26-25-17-10-6-9-16(20(17)30)14-7-5-8-15(11-14)22(32)33/h5-11,25,30H,12H2,1-4H3,(H,24,29)(H,32,33). The van der Waals surface area contributed by atoms with Crippen molar-refractivity contribution >= 4 is 34.9 Å². The fraction of sp³-hybridized carbons (Fsp3) is 0.261. The molecule has 2 aromatic carbocycles. The quantitative estimate of drug-likeness (QED) is 0.393. The minimum Gasteiger partial charge on any atom is -0.505 e. The van der Waals surface area contributed by atoms with Crippen molar-refractivity contribution in [3.63, 3.8) is 0 Å². The van der Waals surface area contributed by atoms with E-state index in [0.717, 1.165) is 5.01 Å². The number of hydrazone groups is 2. The van der Waals surface area contributed by atoms with Crippen molar-refractivity contribution < 1.29 is 24.6 Å². The van der Waals surface area contributed by atoms with Gasteiger partial charge in [-0.15, -0.1) is 0 Å². The first kappa shape index (κ1) is 23.5. The number of hydrogen-bond donors (Lipinski definition) is 4. The van der Waals surface area contributed by atoms with E-state index in [9.17, 15) is 24.6 Å². The molecular weight excluding hydrogens is 426 g/mol. The van der Waals surface area contributed by atoms with Gasteiger partial charge in [-0.1, -0.05) is 24.3 Å². The Hall–Kier alpha value is -4.21. The number of para-hydroxylation sites is 1. The summed E-state index contributed by atoms with van der Waals surface area (Å²) in [5.41, 5.74) is 3.76. The molecule has 10 heteroatoms. The number of carboxylic acid groups (broad SMARTS) is 1. The molecule has 0 saturated carbocycles. The Balaban J connectivity index is 1.79. The number of amides is 2. The first-order chi connectivity index (χ1) is 15.5. The summed E-state index contributed by atoms with van der Waals surface area (Å²) >= 11 is 0. The van der Waals surface area contributed by atoms with Gasteiger partial charge in [0.05, 0.1) is 17.0 Å². The van der Waals surface area contributed by atoms with Crippen LogP contribution in [0.2, 0.25) is 0 Å². The predicted octanol–water partition coefficient (Wildman–Crippen LogP) is 2.66. The van der Waals surface area contributed by atoms with Gasteiger partial charge < -0.3 is 15.5 Å². The lowest BCUT2D eigenvalue weighted by molar-refractivity contribution is -0.131. The van der Waals surface area contributed by atoms with Crippen molar-refractivity contribution in [1.29, 1.82) is 0 Å². The number of aromatic carboxylic acids is 1. The molecule has 4 N–H and O–H groups in total. The maximum Gasteiger partial charge on any atom is 0.335 e. The van der Waals surface area contributed by atoms with Crippen molar-refractivity contribution in [3.05, 3.63) is 48.0 Å². The van der Waals surface area contributed by atoms with E-state index in [0.29, 0.717) is 16.8 Å². The second-order valence-electron chi connectivity index (χ2n) is 8.51. The van der Waals surface area contributed by atoms with Gasteiger partial charge in [-0.25, -0.2) is 9.80 Å². The van der Waals surface area contributed by atoms with Gasteiger partial charge in [0.2, 0.25) is 5.91 Å². The van der Waals surface area contributed by atoms with Crippen molar-refractivity contribution in [2.75, 3.05) is 12.0 Å². The average Bonchev–Trinajstić information content (AvgIpc) is 2.98. The Morgan fingerprint density at radius 2 is 1.85 bits per heavy atom. The third kappa shape index (κ3) is 5.53. The molecule has 10 nitrogen and oxygen atoms in total. The second kappa shape index (κ2) is 9.11. The summed E-state index contributed by atoms with van der Waals surface area (Å²) in [7, 11) is 0. The molecule has 1 aliphatic rings. The Bertz CT molecular complexity index is 1180. The monoisotopic (exact) mass is 451 g/mol. The molecule has 0 bridgehead atoms. The fourth-order valence-electron chi connectivity index (χ4n) is 3.18. The summed E-state index contributed by atoms with van der Waals surface area (Å²) in [5, 5.41) is 31.9. The summed E-state index contributed by atoms with van der Waals surface area (Å²) in [6, 6.07) is 11.0. The highest BCUT2D eigenvalue weighted by atomic mass is 16.4. The van der Waals surface area contributed by atoms with Gasteiger partial charge in [-0.3, -0.25) is 15.0 Å². The minimum absolute atomic E-state index is 0.0104. The number of aromatic hydroxyl groups is 1. The summed E-state index contributed by atoms with van der Waals surface area (Å²) in [5.74, 6) is -2.14. The van der Waals surface area contributed by atoms with Crippen LogP contribution in [0.25, 0.3) is 11.1 Å². The number of nitrogens with one attached hydrogen (secondary N) is 2. The van der Waals surface area contributed by atoms with E-state index in [2.05, 4.69) is 20.9 Å². The lowest BCUT2D eigenvalue weighted by atomic mass is 10.0. The molecular formula is C23H25N5O5. The lowest BCUT2D eigenvalue weighted by Gasteiger charge is -2.21. The topological polar surface area (TPSA) is 144 Å². The molecule has 2 amide bonds. The third-order valence-corrected chi connectivity index (χ3v) is 4.60. The van der Waals surface area contributed by atoms with Crippen LogP contribution < -0.4 is 10.7 Å². The zero-order chi connectivity index (χ0) is 24.3. The Kier molecular flexibility index (Phi) is 6.47. The summed E-state index contributed by atoms with van der Waals surface area (Å²) < 4.78 is 0. The van der Waals surface area contributed by atoms with Gasteiger partial charge >= 0.3 is 5.97 Å². The van der Waals surface area contributed by atoms with E-state index in [-0.39, 0.29) is 35.2 Å². The highest BCUT2D eigenvalue weighted by Crippen LogP contribution is 2.35. The fourth-order valence-corrected chi connectivity index (χ4v) is 3.18. The highest BCUT2D eigenvalue weighted by molar-refractivity contribution is 6.68. The molecule has 172 valence electrons. The Labute approximate surface area is 190 Å². The van der Waals surface area contributed by atoms with E-state index < -0.39 is 17.4 Å². The molecule has 0 aromatic heterocycles. The first-order valence-corrected chi connectivity index (χ1v) is 10.1. The van der Waals surface area contributed by atoms with Crippen molar-refractivity contribution in [2.45, 2.75) is 33.2 Å². The highest BCUT2D eigenvalue weighted by Gasteiger charge is 2.31. The maximum absolute atomic E-state index is 12.7. The van der Waals surface area contributed by atoms with Crippen LogP contribution in [0.4, 0.5) is 5.69 Å². The molecule has 0 fully saturated rings. The molecule has 0 aliphatic carbocycles. The van der Waals surface area contributed by atoms with Crippen LogP contribution in [0.5, 0.6) is 5.75 Å². The SMILES string of the molecule is CC1=NN(CC(=O)NC(C)(C)C)C(=O)C1=NNc1cccc(-c2cccc(C(=O)O)c2)c1O. The molecule has 0 saturated heterocycles. The third-order valence-electron chi connectivity index (χ3n) is 4.60. The van der Waals surface area contributed by atoms with Crippen LogP contribution in [0, 0.1) is 0 Å². The first-order valence-electron chi connectivity index (χ1n) is 10.1. The normalized spacial score (nSPS) is 14.9.